The Morgan fingerprint density at radius 2 is 1.61 bits per heavy atom. The average molecular weight is 540 g/mol. The summed E-state index contributed by atoms with van der Waals surface area (Å²) in [6.45, 7) is 5.43. The molecule has 0 radical (unpaired) electrons. The summed E-state index contributed by atoms with van der Waals surface area (Å²) < 4.78 is 32.3. The molecule has 3 aromatic carbocycles. The van der Waals surface area contributed by atoms with Crippen molar-refractivity contribution in [3.8, 4) is 5.75 Å². The number of nitrogens with zero attached hydrogens (tertiary/aromatic N) is 2. The Labute approximate surface area is 225 Å². The lowest BCUT2D eigenvalue weighted by Gasteiger charge is -2.33. The van der Waals surface area contributed by atoms with E-state index in [1.807, 2.05) is 63.2 Å². The fourth-order valence-corrected chi connectivity index (χ4v) is 5.17. The van der Waals surface area contributed by atoms with E-state index in [0.717, 1.165) is 33.3 Å². The van der Waals surface area contributed by atoms with Gasteiger partial charge in [-0.2, -0.15) is 0 Å². The summed E-state index contributed by atoms with van der Waals surface area (Å²) in [6.07, 6.45) is 2.21. The van der Waals surface area contributed by atoms with Crippen LogP contribution >= 0.6 is 0 Å². The highest BCUT2D eigenvalue weighted by Crippen LogP contribution is 2.29. The van der Waals surface area contributed by atoms with E-state index in [1.54, 1.807) is 31.4 Å². The minimum absolute atomic E-state index is 0.0577. The van der Waals surface area contributed by atoms with Crippen molar-refractivity contribution in [1.82, 2.24) is 10.2 Å². The molecule has 0 aliphatic carbocycles. The average Bonchev–Trinajstić information content (AvgIpc) is 2.90. The number of sulfonamides is 1. The van der Waals surface area contributed by atoms with Crippen LogP contribution in [0.1, 0.15) is 39.2 Å². The summed E-state index contributed by atoms with van der Waals surface area (Å²) in [7, 11) is -2.25. The summed E-state index contributed by atoms with van der Waals surface area (Å²) >= 11 is 0. The third-order valence-electron chi connectivity index (χ3n) is 6.61. The molecule has 8 nitrogen and oxygen atoms in total. The molecular weight excluding hydrogens is 502 g/mol. The van der Waals surface area contributed by atoms with Crippen molar-refractivity contribution in [3.63, 3.8) is 0 Å². The van der Waals surface area contributed by atoms with Gasteiger partial charge in [0.2, 0.25) is 21.8 Å². The zero-order valence-corrected chi connectivity index (χ0v) is 23.5. The molecule has 0 bridgehead atoms. The fraction of sp³-hybridized carbons (Fsp3) is 0.379. The zero-order chi connectivity index (χ0) is 27.9. The van der Waals surface area contributed by atoms with Crippen molar-refractivity contribution in [2.24, 2.45) is 0 Å². The predicted octanol–water partition coefficient (Wildman–Crippen LogP) is 4.34. The number of nitrogens with one attached hydrogen (secondary N) is 1. The van der Waals surface area contributed by atoms with Gasteiger partial charge in [0, 0.05) is 18.0 Å². The number of hydrogen-bond acceptors (Lipinski definition) is 5. The van der Waals surface area contributed by atoms with Crippen LogP contribution in [0.15, 0.2) is 66.7 Å². The molecule has 38 heavy (non-hydrogen) atoms. The van der Waals surface area contributed by atoms with E-state index in [0.29, 0.717) is 17.9 Å². The van der Waals surface area contributed by atoms with Crippen molar-refractivity contribution >= 4 is 38.3 Å². The maximum absolute atomic E-state index is 13.9. The first-order valence-electron chi connectivity index (χ1n) is 12.8. The maximum atomic E-state index is 13.9. The number of hydrogen-bond donors (Lipinski definition) is 1. The summed E-state index contributed by atoms with van der Waals surface area (Å²) in [5.41, 5.74) is 1.21. The van der Waals surface area contributed by atoms with Crippen molar-refractivity contribution in [1.29, 1.82) is 0 Å². The van der Waals surface area contributed by atoms with Crippen molar-refractivity contribution in [2.75, 3.05) is 24.2 Å². The van der Waals surface area contributed by atoms with Gasteiger partial charge in [0.05, 0.1) is 19.1 Å². The van der Waals surface area contributed by atoms with Crippen LogP contribution in [0.25, 0.3) is 10.8 Å². The predicted molar refractivity (Wildman–Crippen MR) is 152 cm³/mol. The third-order valence-corrected chi connectivity index (χ3v) is 7.74. The first-order chi connectivity index (χ1) is 18.1. The minimum Gasteiger partial charge on any atom is -0.497 e. The normalized spacial score (nSPS) is 13.0. The standard InChI is InChI=1S/C29H37N3O5S/c1-6-21(3)30-29(34)26(7-2)31(19-22-15-17-24(37-4)18-16-22)28(33)20-32(38(5,35)36)27-14-10-12-23-11-8-9-13-25(23)27/h8-18,21,26H,6-7,19-20H2,1-5H3,(H,30,34)/t21-,26+/m0/s1. The Balaban J connectivity index is 2.01. The molecule has 204 valence electrons. The van der Waals surface area contributed by atoms with Crippen LogP contribution in [-0.4, -0.2) is 57.1 Å². The van der Waals surface area contributed by atoms with Crippen LogP contribution in [0, 0.1) is 0 Å². The first-order valence-corrected chi connectivity index (χ1v) is 14.6. The number of rotatable bonds is 12. The number of fused-ring (bicyclic) bond motifs is 1. The lowest BCUT2D eigenvalue weighted by Crippen LogP contribution is -2.53. The van der Waals surface area contributed by atoms with E-state index in [1.165, 1.54) is 4.90 Å². The molecule has 0 aliphatic rings. The van der Waals surface area contributed by atoms with Gasteiger partial charge in [-0.05, 0) is 48.9 Å². The van der Waals surface area contributed by atoms with Gasteiger partial charge in [-0.25, -0.2) is 8.42 Å². The van der Waals surface area contributed by atoms with Gasteiger partial charge in [0.15, 0.2) is 0 Å². The van der Waals surface area contributed by atoms with E-state index in [9.17, 15) is 18.0 Å². The second kappa shape index (κ2) is 12.8. The lowest BCUT2D eigenvalue weighted by molar-refractivity contribution is -0.140. The minimum atomic E-state index is -3.83. The van der Waals surface area contributed by atoms with E-state index < -0.39 is 28.5 Å². The lowest BCUT2D eigenvalue weighted by atomic mass is 10.1. The van der Waals surface area contributed by atoms with Gasteiger partial charge in [-0.1, -0.05) is 62.4 Å². The Morgan fingerprint density at radius 1 is 0.947 bits per heavy atom. The van der Waals surface area contributed by atoms with Gasteiger partial charge in [0.25, 0.3) is 0 Å². The Hall–Kier alpha value is -3.59. The number of amides is 2. The van der Waals surface area contributed by atoms with Gasteiger partial charge >= 0.3 is 0 Å². The molecule has 0 aliphatic heterocycles. The summed E-state index contributed by atoms with van der Waals surface area (Å²) in [4.78, 5) is 28.6. The highest BCUT2D eigenvalue weighted by Gasteiger charge is 2.32. The van der Waals surface area contributed by atoms with Crippen LogP contribution in [-0.2, 0) is 26.2 Å². The quantitative estimate of drug-likeness (QED) is 0.370. The van der Waals surface area contributed by atoms with Gasteiger partial charge in [-0.3, -0.25) is 13.9 Å². The highest BCUT2D eigenvalue weighted by molar-refractivity contribution is 7.92. The van der Waals surface area contributed by atoms with Crippen LogP contribution in [0.3, 0.4) is 0 Å². The number of benzene rings is 3. The van der Waals surface area contributed by atoms with Crippen LogP contribution in [0.2, 0.25) is 0 Å². The molecule has 0 unspecified atom stereocenters. The number of carbonyl (C=O) groups is 2. The van der Waals surface area contributed by atoms with Gasteiger partial charge < -0.3 is 15.0 Å². The van der Waals surface area contributed by atoms with E-state index in [-0.39, 0.29) is 18.5 Å². The molecule has 0 heterocycles. The van der Waals surface area contributed by atoms with Crippen LogP contribution in [0.5, 0.6) is 5.75 Å². The smallest absolute Gasteiger partial charge is 0.244 e. The molecule has 0 saturated carbocycles. The van der Waals surface area contributed by atoms with Crippen LogP contribution in [0.4, 0.5) is 5.69 Å². The molecular formula is C29H37N3O5S. The number of carbonyl (C=O) groups excluding carboxylic acids is 2. The molecule has 2 amide bonds. The Kier molecular flexibility index (Phi) is 9.74. The molecule has 3 aromatic rings. The van der Waals surface area contributed by atoms with Gasteiger partial charge in [0.1, 0.15) is 18.3 Å². The second-order valence-electron chi connectivity index (χ2n) is 9.38. The zero-order valence-electron chi connectivity index (χ0n) is 22.7. The Morgan fingerprint density at radius 3 is 2.21 bits per heavy atom. The van der Waals surface area contributed by atoms with E-state index in [2.05, 4.69) is 5.32 Å². The summed E-state index contributed by atoms with van der Waals surface area (Å²) in [6, 6.07) is 19.2. The molecule has 9 heteroatoms. The molecule has 0 spiro atoms. The number of anilines is 1. The van der Waals surface area contributed by atoms with Gasteiger partial charge in [-0.15, -0.1) is 0 Å². The second-order valence-corrected chi connectivity index (χ2v) is 11.3. The van der Waals surface area contributed by atoms with Crippen molar-refractivity contribution in [2.45, 2.75) is 52.2 Å². The monoisotopic (exact) mass is 539 g/mol. The first kappa shape index (κ1) is 29.0. The topological polar surface area (TPSA) is 96.0 Å². The molecule has 0 fully saturated rings. The molecule has 2 atom stereocenters. The van der Waals surface area contributed by atoms with E-state index in [4.69, 9.17) is 4.74 Å². The van der Waals surface area contributed by atoms with E-state index >= 15 is 0 Å². The maximum Gasteiger partial charge on any atom is 0.244 e. The van der Waals surface area contributed by atoms with Crippen LogP contribution < -0.4 is 14.4 Å². The van der Waals surface area contributed by atoms with Crippen molar-refractivity contribution < 1.29 is 22.7 Å². The third kappa shape index (κ3) is 7.04. The fourth-order valence-electron chi connectivity index (χ4n) is 4.31. The number of ether oxygens (including phenoxy) is 1. The summed E-state index contributed by atoms with van der Waals surface area (Å²) in [5, 5.41) is 4.56. The molecule has 0 aromatic heterocycles. The largest absolute Gasteiger partial charge is 0.497 e. The SMILES string of the molecule is CC[C@H](C(=O)N[C@@H](C)CC)N(Cc1ccc(OC)cc1)C(=O)CN(c1cccc2ccccc12)S(C)(=O)=O. The molecule has 3 rings (SSSR count). The molecule has 0 saturated heterocycles. The summed E-state index contributed by atoms with van der Waals surface area (Å²) in [5.74, 6) is -0.0579. The number of methoxy groups -OCH3 is 1. The highest BCUT2D eigenvalue weighted by atomic mass is 32.2. The molecule has 1 N–H and O–H groups in total. The van der Waals surface area contributed by atoms with Crippen molar-refractivity contribution in [3.05, 3.63) is 72.3 Å². The Bertz CT molecular complexity index is 1350.